The maximum absolute atomic E-state index is 12.0. The van der Waals surface area contributed by atoms with Gasteiger partial charge in [0, 0.05) is 11.9 Å². The number of sulfonamides is 1. The number of nitrogens with one attached hydrogen (secondary N) is 1. The fraction of sp³-hybridized carbons (Fsp3) is 0.538. The van der Waals surface area contributed by atoms with Crippen LogP contribution in [-0.4, -0.2) is 27.4 Å². The van der Waals surface area contributed by atoms with Gasteiger partial charge in [0.1, 0.15) is 5.75 Å². The molecule has 4 nitrogen and oxygen atoms in total. The second kappa shape index (κ2) is 7.87. The van der Waals surface area contributed by atoms with Crippen molar-refractivity contribution in [3.05, 3.63) is 24.3 Å². The number of alkyl halides is 1. The molecule has 1 atom stereocenters. The Bertz CT molecular complexity index is 473. The minimum absolute atomic E-state index is 0.266. The average molecular weight is 350 g/mol. The number of ether oxygens (including phenoxy) is 1. The number of benzene rings is 1. The summed E-state index contributed by atoms with van der Waals surface area (Å²) in [6, 6.07) is 6.37. The molecular weight excluding hydrogens is 330 g/mol. The van der Waals surface area contributed by atoms with Gasteiger partial charge in [-0.2, -0.15) is 0 Å². The van der Waals surface area contributed by atoms with Crippen molar-refractivity contribution in [2.75, 3.05) is 19.0 Å². The fourth-order valence-electron chi connectivity index (χ4n) is 1.57. The second-order valence-electron chi connectivity index (χ2n) is 4.48. The van der Waals surface area contributed by atoms with Crippen LogP contribution >= 0.6 is 15.9 Å². The molecule has 0 aromatic heterocycles. The zero-order chi connectivity index (χ0) is 14.3. The molecule has 1 N–H and O–H groups in total. The van der Waals surface area contributed by atoms with Crippen molar-refractivity contribution in [3.63, 3.8) is 0 Å². The molecule has 0 radical (unpaired) electrons. The van der Waals surface area contributed by atoms with Crippen LogP contribution in [0.5, 0.6) is 5.75 Å². The predicted molar refractivity (Wildman–Crippen MR) is 80.4 cm³/mol. The van der Waals surface area contributed by atoms with Crippen molar-refractivity contribution in [2.24, 2.45) is 5.92 Å². The van der Waals surface area contributed by atoms with E-state index in [4.69, 9.17) is 4.74 Å². The van der Waals surface area contributed by atoms with Gasteiger partial charge >= 0.3 is 0 Å². The predicted octanol–water partition coefficient (Wildman–Crippen LogP) is 2.78. The molecule has 0 aliphatic rings. The van der Waals surface area contributed by atoms with Gasteiger partial charge < -0.3 is 4.74 Å². The van der Waals surface area contributed by atoms with Crippen LogP contribution < -0.4 is 9.46 Å². The van der Waals surface area contributed by atoms with E-state index in [2.05, 4.69) is 27.6 Å². The van der Waals surface area contributed by atoms with Gasteiger partial charge in [0.15, 0.2) is 0 Å². The van der Waals surface area contributed by atoms with E-state index in [1.807, 2.05) is 0 Å². The molecule has 6 heteroatoms. The Morgan fingerprint density at radius 2 is 1.95 bits per heavy atom. The first kappa shape index (κ1) is 16.5. The van der Waals surface area contributed by atoms with E-state index in [0.717, 1.165) is 18.2 Å². The molecule has 0 aliphatic heterocycles. The smallest absolute Gasteiger partial charge is 0.240 e. The van der Waals surface area contributed by atoms with Crippen LogP contribution in [0, 0.1) is 5.92 Å². The lowest BCUT2D eigenvalue weighted by atomic mass is 10.1. The molecule has 0 saturated heterocycles. The lowest BCUT2D eigenvalue weighted by Crippen LogP contribution is -2.25. The molecule has 0 saturated carbocycles. The zero-order valence-corrected chi connectivity index (χ0v) is 13.6. The first-order valence-electron chi connectivity index (χ1n) is 6.19. The molecule has 19 heavy (non-hydrogen) atoms. The van der Waals surface area contributed by atoms with Gasteiger partial charge in [-0.3, -0.25) is 0 Å². The Balaban J connectivity index is 2.51. The molecule has 108 valence electrons. The Morgan fingerprint density at radius 3 is 2.47 bits per heavy atom. The number of rotatable bonds is 8. The summed E-state index contributed by atoms with van der Waals surface area (Å²) in [5, 5.41) is 0.943. The molecule has 1 rings (SSSR count). The quantitative estimate of drug-likeness (QED) is 0.579. The van der Waals surface area contributed by atoms with Crippen LogP contribution in [0.1, 0.15) is 19.8 Å². The number of hydrogen-bond acceptors (Lipinski definition) is 3. The summed E-state index contributed by atoms with van der Waals surface area (Å²) in [4.78, 5) is 0.266. The van der Waals surface area contributed by atoms with Crippen molar-refractivity contribution < 1.29 is 13.2 Å². The van der Waals surface area contributed by atoms with E-state index in [0.29, 0.717) is 18.2 Å². The SMILES string of the molecule is COc1ccc(S(=O)(=O)NCCCC(C)CBr)cc1. The monoisotopic (exact) mass is 349 g/mol. The third-order valence-corrected chi connectivity index (χ3v) is 5.38. The normalized spacial score (nSPS) is 13.2. The highest BCUT2D eigenvalue weighted by molar-refractivity contribution is 9.09. The summed E-state index contributed by atoms with van der Waals surface area (Å²) in [5.41, 5.74) is 0. The van der Waals surface area contributed by atoms with Crippen LogP contribution in [0.2, 0.25) is 0 Å². The molecule has 1 unspecified atom stereocenters. The molecule has 0 amide bonds. The average Bonchev–Trinajstić information content (AvgIpc) is 2.43. The van der Waals surface area contributed by atoms with Gasteiger partial charge in [-0.05, 0) is 43.0 Å². The van der Waals surface area contributed by atoms with Crippen molar-refractivity contribution in [1.82, 2.24) is 4.72 Å². The summed E-state index contributed by atoms with van der Waals surface area (Å²) in [6.45, 7) is 2.60. The van der Waals surface area contributed by atoms with Gasteiger partial charge in [0.25, 0.3) is 0 Å². The summed E-state index contributed by atoms with van der Waals surface area (Å²) < 4.78 is 31.6. The maximum Gasteiger partial charge on any atom is 0.240 e. The van der Waals surface area contributed by atoms with Gasteiger partial charge in [0.05, 0.1) is 12.0 Å². The fourth-order valence-corrected chi connectivity index (χ4v) is 2.97. The van der Waals surface area contributed by atoms with Crippen molar-refractivity contribution in [3.8, 4) is 5.75 Å². The molecule has 1 aromatic carbocycles. The van der Waals surface area contributed by atoms with E-state index in [9.17, 15) is 8.42 Å². The lowest BCUT2D eigenvalue weighted by molar-refractivity contribution is 0.414. The van der Waals surface area contributed by atoms with E-state index in [1.165, 1.54) is 0 Å². The highest BCUT2D eigenvalue weighted by atomic mass is 79.9. The maximum atomic E-state index is 12.0. The van der Waals surface area contributed by atoms with E-state index in [1.54, 1.807) is 31.4 Å². The number of hydrogen-bond donors (Lipinski definition) is 1. The summed E-state index contributed by atoms with van der Waals surface area (Å²) >= 11 is 3.41. The topological polar surface area (TPSA) is 55.4 Å². The van der Waals surface area contributed by atoms with E-state index >= 15 is 0 Å². The largest absolute Gasteiger partial charge is 0.497 e. The summed E-state index contributed by atoms with van der Waals surface area (Å²) in [5.74, 6) is 1.20. The zero-order valence-electron chi connectivity index (χ0n) is 11.2. The minimum atomic E-state index is -3.41. The highest BCUT2D eigenvalue weighted by Gasteiger charge is 2.13. The standard InChI is InChI=1S/C13H20BrNO3S/c1-11(10-14)4-3-9-15-19(16,17)13-7-5-12(18-2)6-8-13/h5-8,11,15H,3-4,9-10H2,1-2H3. The summed E-state index contributed by atoms with van der Waals surface area (Å²) in [7, 11) is -1.86. The van der Waals surface area contributed by atoms with Crippen molar-refractivity contribution >= 4 is 26.0 Å². The van der Waals surface area contributed by atoms with Crippen LogP contribution in [0.3, 0.4) is 0 Å². The molecule has 0 spiro atoms. The first-order valence-corrected chi connectivity index (χ1v) is 8.79. The van der Waals surface area contributed by atoms with E-state index < -0.39 is 10.0 Å². The van der Waals surface area contributed by atoms with E-state index in [-0.39, 0.29) is 4.90 Å². The third-order valence-electron chi connectivity index (χ3n) is 2.80. The molecular formula is C13H20BrNO3S. The summed E-state index contributed by atoms with van der Waals surface area (Å²) in [6.07, 6.45) is 1.83. The molecule has 0 heterocycles. The van der Waals surface area contributed by atoms with Gasteiger partial charge in [-0.15, -0.1) is 0 Å². The first-order chi connectivity index (χ1) is 8.99. The Labute approximate surface area is 123 Å². The molecule has 1 aromatic rings. The second-order valence-corrected chi connectivity index (χ2v) is 6.89. The van der Waals surface area contributed by atoms with Crippen molar-refractivity contribution in [1.29, 1.82) is 0 Å². The van der Waals surface area contributed by atoms with Crippen LogP contribution in [0.15, 0.2) is 29.2 Å². The Morgan fingerprint density at radius 1 is 1.32 bits per heavy atom. The molecule has 0 aliphatic carbocycles. The third kappa shape index (κ3) is 5.50. The highest BCUT2D eigenvalue weighted by Crippen LogP contribution is 2.15. The van der Waals surface area contributed by atoms with Gasteiger partial charge in [-0.1, -0.05) is 22.9 Å². The molecule has 0 fully saturated rings. The van der Waals surface area contributed by atoms with Crippen molar-refractivity contribution in [2.45, 2.75) is 24.7 Å². The number of halogens is 1. The van der Waals surface area contributed by atoms with Crippen LogP contribution in [0.25, 0.3) is 0 Å². The Hall–Kier alpha value is -0.590. The molecule has 0 bridgehead atoms. The van der Waals surface area contributed by atoms with Crippen LogP contribution in [0.4, 0.5) is 0 Å². The Kier molecular flexibility index (Phi) is 6.82. The van der Waals surface area contributed by atoms with Crippen LogP contribution in [-0.2, 0) is 10.0 Å². The van der Waals surface area contributed by atoms with Gasteiger partial charge in [-0.25, -0.2) is 13.1 Å². The van der Waals surface area contributed by atoms with Gasteiger partial charge in [0.2, 0.25) is 10.0 Å². The number of methoxy groups -OCH3 is 1. The lowest BCUT2D eigenvalue weighted by Gasteiger charge is -2.09. The minimum Gasteiger partial charge on any atom is -0.497 e.